The van der Waals surface area contributed by atoms with E-state index in [0.717, 1.165) is 12.6 Å². The smallest absolute Gasteiger partial charge is 0.0587 e. The fourth-order valence-corrected chi connectivity index (χ4v) is 8.99. The first-order valence-electron chi connectivity index (χ1n) is 13.4. The van der Waals surface area contributed by atoms with Crippen LogP contribution >= 0.6 is 15.8 Å². The summed E-state index contributed by atoms with van der Waals surface area (Å²) in [4.78, 5) is 2.62. The third kappa shape index (κ3) is 11.0. The number of benzene rings is 5. The molecule has 6 heteroatoms. The predicted molar refractivity (Wildman–Crippen MR) is 179 cm³/mol. The first-order chi connectivity index (χ1) is 20.2. The summed E-state index contributed by atoms with van der Waals surface area (Å²) < 4.78 is 0. The average molecular weight is 678 g/mol. The summed E-state index contributed by atoms with van der Waals surface area (Å²) in [5.74, 6) is 0. The molecule has 0 saturated heterocycles. The zero-order chi connectivity index (χ0) is 29.1. The van der Waals surface area contributed by atoms with Crippen molar-refractivity contribution in [3.05, 3.63) is 152 Å². The maximum Gasteiger partial charge on any atom is 0.0587 e. The minimum absolute atomic E-state index is 0. The van der Waals surface area contributed by atoms with Gasteiger partial charge in [-0.05, 0) is 49.2 Å². The van der Waals surface area contributed by atoms with Gasteiger partial charge in [-0.25, -0.2) is 0 Å². The van der Waals surface area contributed by atoms with Crippen LogP contribution in [0.15, 0.2) is 152 Å². The minimum atomic E-state index is -0.546. The summed E-state index contributed by atoms with van der Waals surface area (Å²) in [6.07, 6.45) is 1.96. The Hall–Kier alpha value is -3.60. The van der Waals surface area contributed by atoms with E-state index in [-0.39, 0.29) is 20.4 Å². The molecule has 0 atom stereocenters. The van der Waals surface area contributed by atoms with E-state index in [1.54, 1.807) is 12.1 Å². The zero-order valence-electron chi connectivity index (χ0n) is 23.9. The molecule has 42 heavy (non-hydrogen) atoms. The maximum absolute atomic E-state index is 7.32. The summed E-state index contributed by atoms with van der Waals surface area (Å²) in [6, 6.07) is 58.6. The van der Waals surface area contributed by atoms with Gasteiger partial charge in [-0.3, -0.25) is 0 Å². The molecule has 0 spiro atoms. The minimum Gasteiger partial charge on any atom is -0.362 e. The van der Waals surface area contributed by atoms with Crippen LogP contribution in [0.4, 0.5) is 5.69 Å². The second kappa shape index (κ2) is 20.3. The van der Waals surface area contributed by atoms with Gasteiger partial charge in [-0.15, -0.1) is 0 Å². The Morgan fingerprint density at radius 2 is 0.667 bits per heavy atom. The van der Waals surface area contributed by atoms with E-state index in [2.05, 4.69) is 157 Å². The number of para-hydroxylation sites is 1. The van der Waals surface area contributed by atoms with E-state index in [4.69, 9.17) is 10.5 Å². The van der Waals surface area contributed by atoms with Crippen LogP contribution in [0.5, 0.6) is 0 Å². The number of anilines is 1. The quantitative estimate of drug-likeness (QED) is 0.119. The van der Waals surface area contributed by atoms with Gasteiger partial charge in [0.15, 0.2) is 0 Å². The molecule has 0 heterocycles. The molecular weight excluding hydrogens is 643 g/mol. The zero-order valence-corrected chi connectivity index (χ0v) is 27.2. The van der Waals surface area contributed by atoms with Gasteiger partial charge >= 0.3 is 0 Å². The number of rotatable bonds is 9. The first-order valence-corrected chi connectivity index (χ1v) is 16.4. The number of nitrogens with zero attached hydrogens (tertiary/aromatic N) is 3. The van der Waals surface area contributed by atoms with Crippen molar-refractivity contribution in [3.63, 3.8) is 0 Å². The van der Waals surface area contributed by atoms with E-state index in [1.807, 2.05) is 0 Å². The van der Waals surface area contributed by atoms with Gasteiger partial charge in [0.2, 0.25) is 0 Å². The Morgan fingerprint density at radius 1 is 0.452 bits per heavy atom. The van der Waals surface area contributed by atoms with Crippen molar-refractivity contribution in [2.24, 2.45) is 0 Å². The van der Waals surface area contributed by atoms with Crippen LogP contribution in [0.2, 0.25) is 0 Å². The van der Waals surface area contributed by atoms with E-state index < -0.39 is 15.8 Å². The second-order valence-corrected chi connectivity index (χ2v) is 13.1. The van der Waals surface area contributed by atoms with Crippen LogP contribution < -0.4 is 26.1 Å². The molecule has 0 N–H and O–H groups in total. The van der Waals surface area contributed by atoms with Gasteiger partial charge in [0, 0.05) is 52.5 Å². The van der Waals surface area contributed by atoms with Gasteiger partial charge in [0.25, 0.3) is 0 Å². The average Bonchev–Trinajstić information content (AvgIpc) is 3.04. The molecule has 5 aromatic carbocycles. The maximum atomic E-state index is 7.32. The van der Waals surface area contributed by atoms with E-state index in [0.29, 0.717) is 0 Å². The van der Waals surface area contributed by atoms with Gasteiger partial charge in [-0.1, -0.05) is 140 Å². The van der Waals surface area contributed by atoms with Gasteiger partial charge in [0.05, 0.1) is 12.1 Å². The van der Waals surface area contributed by atoms with Gasteiger partial charge < -0.3 is 4.90 Å². The molecular formula is C36H35N3P2Pd. The van der Waals surface area contributed by atoms with Crippen LogP contribution in [0.25, 0.3) is 0 Å². The van der Waals surface area contributed by atoms with Crippen LogP contribution in [0.3, 0.4) is 0 Å². The Balaban J connectivity index is 0.000000813. The fourth-order valence-electron chi connectivity index (χ4n) is 4.24. The molecule has 0 bridgehead atoms. The Labute approximate surface area is 267 Å². The topological polar surface area (TPSA) is 50.8 Å². The summed E-state index contributed by atoms with van der Waals surface area (Å²) in [5.41, 5.74) is 1.28. The summed E-state index contributed by atoms with van der Waals surface area (Å²) in [7, 11) is -1.09. The van der Waals surface area contributed by atoms with E-state index in [9.17, 15) is 0 Å². The van der Waals surface area contributed by atoms with Gasteiger partial charge in [-0.2, -0.15) is 10.5 Å². The van der Waals surface area contributed by atoms with Crippen molar-refractivity contribution in [2.75, 3.05) is 17.5 Å². The molecule has 0 amide bonds. The molecule has 0 saturated carbocycles. The van der Waals surface area contributed by atoms with Crippen molar-refractivity contribution < 1.29 is 20.4 Å². The SMILES string of the molecule is CC#N.CC#N.[Pd].c1ccc(N(CP(c2ccccc2)c2ccccc2)CP(c2ccccc2)c2ccccc2)cc1. The van der Waals surface area contributed by atoms with Crippen molar-refractivity contribution in [2.45, 2.75) is 13.8 Å². The van der Waals surface area contributed by atoms with Crippen molar-refractivity contribution >= 4 is 42.7 Å². The fraction of sp³-hybridized carbons (Fsp3) is 0.111. The Morgan fingerprint density at radius 3 is 0.905 bits per heavy atom. The number of hydrogen-bond donors (Lipinski definition) is 0. The molecule has 214 valence electrons. The molecule has 3 nitrogen and oxygen atoms in total. The first kappa shape index (κ1) is 34.6. The van der Waals surface area contributed by atoms with Crippen LogP contribution in [0.1, 0.15) is 13.8 Å². The molecule has 0 aliphatic carbocycles. The molecule has 0 fully saturated rings. The normalized spacial score (nSPS) is 9.57. The van der Waals surface area contributed by atoms with E-state index in [1.165, 1.54) is 40.8 Å². The summed E-state index contributed by atoms with van der Waals surface area (Å²) in [6.45, 7) is 2.86. The Kier molecular flexibility index (Phi) is 16.7. The molecule has 0 aliphatic rings. The molecule has 0 unspecified atom stereocenters. The largest absolute Gasteiger partial charge is 0.362 e. The van der Waals surface area contributed by atoms with Crippen LogP contribution in [-0.2, 0) is 20.4 Å². The van der Waals surface area contributed by atoms with E-state index >= 15 is 0 Å². The monoisotopic (exact) mass is 677 g/mol. The molecule has 5 aromatic rings. The second-order valence-electron chi connectivity index (χ2n) is 8.80. The van der Waals surface area contributed by atoms with Crippen LogP contribution in [-0.4, -0.2) is 12.6 Å². The third-order valence-corrected chi connectivity index (χ3v) is 11.0. The van der Waals surface area contributed by atoms with Crippen LogP contribution in [0, 0.1) is 22.7 Å². The molecule has 0 radical (unpaired) electrons. The predicted octanol–water partition coefficient (Wildman–Crippen LogP) is 7.73. The molecule has 0 aromatic heterocycles. The molecule has 5 rings (SSSR count). The van der Waals surface area contributed by atoms with Crippen molar-refractivity contribution in [3.8, 4) is 12.1 Å². The number of nitriles is 2. The van der Waals surface area contributed by atoms with Crippen molar-refractivity contribution in [1.82, 2.24) is 0 Å². The number of hydrogen-bond acceptors (Lipinski definition) is 3. The third-order valence-electron chi connectivity index (χ3n) is 6.02. The van der Waals surface area contributed by atoms with Crippen molar-refractivity contribution in [1.29, 1.82) is 10.5 Å². The summed E-state index contributed by atoms with van der Waals surface area (Å²) in [5, 5.41) is 20.3. The molecule has 0 aliphatic heterocycles. The Bertz CT molecular complexity index is 1300. The summed E-state index contributed by atoms with van der Waals surface area (Å²) >= 11 is 0. The standard InChI is InChI=1S/C32H29NP2.2C2H3N.Pd/c1-6-16-28(17-7-1)33(26-34(29-18-8-2-9-19-29)30-20-10-3-11-21-30)27-35(31-22-12-4-13-23-31)32-24-14-5-15-25-32;2*1-2-3;/h1-25H,26-27H2;2*1H3;. The van der Waals surface area contributed by atoms with Gasteiger partial charge in [0.1, 0.15) is 0 Å².